The first-order valence-electron chi connectivity index (χ1n) is 7.26. The van der Waals surface area contributed by atoms with Gasteiger partial charge in [-0.05, 0) is 37.8 Å². The zero-order valence-electron chi connectivity index (χ0n) is 10.9. The molecule has 2 heterocycles. The summed E-state index contributed by atoms with van der Waals surface area (Å²) in [5, 5.41) is 0. The SMILES string of the molecule is BrC1=CC2(C=C(Br)C3(CCCC3)O2)OC12CCCC2. The van der Waals surface area contributed by atoms with E-state index in [-0.39, 0.29) is 11.2 Å². The highest BCUT2D eigenvalue weighted by atomic mass is 79.9. The van der Waals surface area contributed by atoms with Crippen LogP contribution in [0.4, 0.5) is 0 Å². The lowest BCUT2D eigenvalue weighted by Crippen LogP contribution is -2.39. The first-order valence-corrected chi connectivity index (χ1v) is 8.85. The molecule has 2 aliphatic carbocycles. The van der Waals surface area contributed by atoms with Gasteiger partial charge in [-0.1, -0.05) is 57.5 Å². The Morgan fingerprint density at radius 3 is 1.47 bits per heavy atom. The van der Waals surface area contributed by atoms with Gasteiger partial charge in [-0.15, -0.1) is 0 Å². The molecular weight excluding hydrogens is 372 g/mol. The number of ether oxygens (including phenoxy) is 2. The fourth-order valence-corrected chi connectivity index (χ4v) is 5.67. The van der Waals surface area contributed by atoms with Crippen molar-refractivity contribution >= 4 is 31.9 Å². The predicted molar refractivity (Wildman–Crippen MR) is 81.3 cm³/mol. The summed E-state index contributed by atoms with van der Waals surface area (Å²) in [6.45, 7) is 0. The van der Waals surface area contributed by atoms with Gasteiger partial charge in [-0.3, -0.25) is 0 Å². The van der Waals surface area contributed by atoms with Crippen molar-refractivity contribution in [2.24, 2.45) is 0 Å². The zero-order valence-corrected chi connectivity index (χ0v) is 14.1. The number of hydrogen-bond donors (Lipinski definition) is 0. The van der Waals surface area contributed by atoms with E-state index >= 15 is 0 Å². The Kier molecular flexibility index (Phi) is 2.88. The minimum absolute atomic E-state index is 0.117. The third-order valence-corrected chi connectivity index (χ3v) is 6.96. The van der Waals surface area contributed by atoms with Crippen molar-refractivity contribution in [1.29, 1.82) is 0 Å². The molecule has 0 aromatic heterocycles. The van der Waals surface area contributed by atoms with E-state index in [4.69, 9.17) is 9.47 Å². The highest BCUT2D eigenvalue weighted by molar-refractivity contribution is 9.12. The van der Waals surface area contributed by atoms with Crippen LogP contribution in [0.15, 0.2) is 21.1 Å². The Hall–Kier alpha value is 0.360. The highest BCUT2D eigenvalue weighted by Crippen LogP contribution is 2.57. The van der Waals surface area contributed by atoms with E-state index in [0.29, 0.717) is 0 Å². The summed E-state index contributed by atoms with van der Waals surface area (Å²) >= 11 is 7.47. The van der Waals surface area contributed by atoms with Crippen LogP contribution in [0.2, 0.25) is 0 Å². The quantitative estimate of drug-likeness (QED) is 0.584. The largest absolute Gasteiger partial charge is 0.331 e. The smallest absolute Gasteiger partial charge is 0.212 e. The molecular formula is C15H18Br2O2. The fourth-order valence-electron chi connectivity index (χ4n) is 4.08. The second kappa shape index (κ2) is 4.19. The molecule has 2 aliphatic heterocycles. The van der Waals surface area contributed by atoms with Crippen molar-refractivity contribution in [2.75, 3.05) is 0 Å². The average molecular weight is 390 g/mol. The van der Waals surface area contributed by atoms with E-state index in [0.717, 1.165) is 25.7 Å². The summed E-state index contributed by atoms with van der Waals surface area (Å²) in [4.78, 5) is 0. The van der Waals surface area contributed by atoms with Gasteiger partial charge in [0, 0.05) is 8.96 Å². The molecule has 0 amide bonds. The van der Waals surface area contributed by atoms with E-state index in [9.17, 15) is 0 Å². The fraction of sp³-hybridized carbons (Fsp3) is 0.733. The topological polar surface area (TPSA) is 18.5 Å². The van der Waals surface area contributed by atoms with Crippen LogP contribution in [-0.2, 0) is 9.47 Å². The highest BCUT2D eigenvalue weighted by Gasteiger charge is 2.58. The lowest BCUT2D eigenvalue weighted by Gasteiger charge is -2.33. The van der Waals surface area contributed by atoms with Gasteiger partial charge in [0.15, 0.2) is 0 Å². The van der Waals surface area contributed by atoms with E-state index in [1.165, 1.54) is 34.6 Å². The summed E-state index contributed by atoms with van der Waals surface area (Å²) < 4.78 is 15.3. The van der Waals surface area contributed by atoms with Gasteiger partial charge in [0.2, 0.25) is 5.79 Å². The molecule has 4 rings (SSSR count). The third kappa shape index (κ3) is 1.79. The lowest BCUT2D eigenvalue weighted by molar-refractivity contribution is -0.232. The Balaban J connectivity index is 1.67. The van der Waals surface area contributed by atoms with Crippen LogP contribution < -0.4 is 0 Å². The number of halogens is 2. The maximum atomic E-state index is 6.46. The molecule has 2 fully saturated rings. The molecule has 19 heavy (non-hydrogen) atoms. The Morgan fingerprint density at radius 1 is 0.737 bits per heavy atom. The number of rotatable bonds is 0. The minimum atomic E-state index is -0.633. The predicted octanol–water partition coefficient (Wildman–Crippen LogP) is 4.93. The molecule has 4 heteroatoms. The van der Waals surface area contributed by atoms with Gasteiger partial charge in [0.25, 0.3) is 0 Å². The van der Waals surface area contributed by atoms with Crippen LogP contribution in [0.5, 0.6) is 0 Å². The van der Waals surface area contributed by atoms with Crippen molar-refractivity contribution in [3.8, 4) is 0 Å². The minimum Gasteiger partial charge on any atom is -0.331 e. The maximum absolute atomic E-state index is 6.46. The van der Waals surface area contributed by atoms with Crippen LogP contribution in [-0.4, -0.2) is 17.0 Å². The second-order valence-corrected chi connectivity index (χ2v) is 8.02. The molecule has 4 aliphatic rings. The van der Waals surface area contributed by atoms with Crippen LogP contribution in [0.25, 0.3) is 0 Å². The van der Waals surface area contributed by atoms with Gasteiger partial charge in [-0.2, -0.15) is 0 Å². The van der Waals surface area contributed by atoms with E-state index in [1.54, 1.807) is 0 Å². The molecule has 0 bridgehead atoms. The monoisotopic (exact) mass is 388 g/mol. The second-order valence-electron chi connectivity index (χ2n) is 6.31. The van der Waals surface area contributed by atoms with Gasteiger partial charge >= 0.3 is 0 Å². The average Bonchev–Trinajstić information content (AvgIpc) is 3.07. The van der Waals surface area contributed by atoms with Gasteiger partial charge < -0.3 is 9.47 Å². The summed E-state index contributed by atoms with van der Waals surface area (Å²) in [5.41, 5.74) is -0.234. The van der Waals surface area contributed by atoms with Crippen LogP contribution >= 0.6 is 31.9 Å². The Bertz CT molecular complexity index is 425. The molecule has 0 aromatic carbocycles. The van der Waals surface area contributed by atoms with Crippen LogP contribution in [0.1, 0.15) is 51.4 Å². The van der Waals surface area contributed by atoms with E-state index in [1.807, 2.05) is 0 Å². The lowest BCUT2D eigenvalue weighted by atomic mass is 10.0. The first-order chi connectivity index (χ1) is 9.08. The van der Waals surface area contributed by atoms with E-state index < -0.39 is 5.79 Å². The molecule has 104 valence electrons. The summed E-state index contributed by atoms with van der Waals surface area (Å²) in [6, 6.07) is 0. The molecule has 0 unspecified atom stereocenters. The normalized spacial score (nSPS) is 33.6. The number of hydrogen-bond acceptors (Lipinski definition) is 2. The summed E-state index contributed by atoms with van der Waals surface area (Å²) in [7, 11) is 0. The van der Waals surface area contributed by atoms with E-state index in [2.05, 4.69) is 44.0 Å². The maximum Gasteiger partial charge on any atom is 0.212 e. The third-order valence-electron chi connectivity index (χ3n) is 5.06. The standard InChI is InChI=1S/C15H18Br2O2/c16-11-9-15(18-13(11)5-1-2-6-13)10-12(17)14(19-15)7-3-4-8-14/h9-10H,1-8H2. The molecule has 0 atom stereocenters. The Morgan fingerprint density at radius 2 is 1.11 bits per heavy atom. The molecule has 3 spiro atoms. The molecule has 2 saturated carbocycles. The summed E-state index contributed by atoms with van der Waals surface area (Å²) in [6.07, 6.45) is 13.7. The zero-order chi connectivity index (χ0) is 13.1. The molecule has 0 aromatic rings. The molecule has 0 saturated heterocycles. The molecule has 0 N–H and O–H groups in total. The molecule has 2 nitrogen and oxygen atoms in total. The van der Waals surface area contributed by atoms with Crippen molar-refractivity contribution in [3.63, 3.8) is 0 Å². The van der Waals surface area contributed by atoms with Crippen LogP contribution in [0, 0.1) is 0 Å². The van der Waals surface area contributed by atoms with Crippen LogP contribution in [0.3, 0.4) is 0 Å². The first kappa shape index (κ1) is 13.1. The molecule has 0 radical (unpaired) electrons. The van der Waals surface area contributed by atoms with Crippen molar-refractivity contribution in [3.05, 3.63) is 21.1 Å². The summed E-state index contributed by atoms with van der Waals surface area (Å²) in [5.74, 6) is -0.633. The van der Waals surface area contributed by atoms with Crippen molar-refractivity contribution in [1.82, 2.24) is 0 Å². The van der Waals surface area contributed by atoms with Gasteiger partial charge in [0.05, 0.1) is 0 Å². The van der Waals surface area contributed by atoms with Gasteiger partial charge in [0.1, 0.15) is 11.2 Å². The Labute approximate surface area is 130 Å². The van der Waals surface area contributed by atoms with Crippen molar-refractivity contribution in [2.45, 2.75) is 68.4 Å². The van der Waals surface area contributed by atoms with Crippen molar-refractivity contribution < 1.29 is 9.47 Å². The van der Waals surface area contributed by atoms with Gasteiger partial charge in [-0.25, -0.2) is 0 Å².